The van der Waals surface area contributed by atoms with Crippen LogP contribution in [0.4, 0.5) is 0 Å². The number of rotatable bonds is 2. The third kappa shape index (κ3) is 2.29. The highest BCUT2D eigenvalue weighted by atomic mass is 16.6. The summed E-state index contributed by atoms with van der Waals surface area (Å²) in [5.41, 5.74) is 2.12. The average molecular weight is 255 g/mol. The molecule has 2 heterocycles. The Bertz CT molecular complexity index is 637. The van der Waals surface area contributed by atoms with Crippen molar-refractivity contribution in [3.63, 3.8) is 0 Å². The van der Waals surface area contributed by atoms with Crippen LogP contribution in [0.2, 0.25) is 0 Å². The summed E-state index contributed by atoms with van der Waals surface area (Å²) in [7, 11) is 0. The summed E-state index contributed by atoms with van der Waals surface area (Å²) < 4.78 is 10.9. The zero-order valence-electron chi connectivity index (χ0n) is 10.6. The first-order valence-corrected chi connectivity index (χ1v) is 6.10. The number of nitrogens with zero attached hydrogens (tertiary/aromatic N) is 1. The van der Waals surface area contributed by atoms with Crippen molar-refractivity contribution in [3.05, 3.63) is 53.3 Å². The third-order valence-electron chi connectivity index (χ3n) is 2.94. The Kier molecular flexibility index (Phi) is 2.91. The summed E-state index contributed by atoms with van der Waals surface area (Å²) in [6, 6.07) is 7.06. The Hall–Kier alpha value is -2.36. The molecule has 0 aliphatic carbocycles. The van der Waals surface area contributed by atoms with E-state index in [4.69, 9.17) is 9.47 Å². The number of aryl methyl sites for hydroxylation is 1. The molecule has 1 aliphatic rings. The van der Waals surface area contributed by atoms with E-state index in [9.17, 15) is 4.79 Å². The molecule has 0 saturated heterocycles. The number of carbonyl (C=O) groups excluding carboxylic acids is 1. The van der Waals surface area contributed by atoms with Crippen LogP contribution in [0.15, 0.2) is 36.7 Å². The molecule has 0 saturated carbocycles. The number of carbonyl (C=O) groups is 1. The minimum atomic E-state index is -0.0619. The molecule has 0 amide bonds. The van der Waals surface area contributed by atoms with E-state index in [1.807, 2.05) is 13.0 Å². The molecular formula is C15H13NO3. The van der Waals surface area contributed by atoms with Crippen LogP contribution in [0.5, 0.6) is 11.5 Å². The van der Waals surface area contributed by atoms with Crippen molar-refractivity contribution >= 4 is 5.78 Å². The van der Waals surface area contributed by atoms with Crippen LogP contribution in [0.25, 0.3) is 0 Å². The van der Waals surface area contributed by atoms with Crippen molar-refractivity contribution < 1.29 is 14.3 Å². The second-order valence-electron chi connectivity index (χ2n) is 4.44. The lowest BCUT2D eigenvalue weighted by atomic mass is 10.0. The summed E-state index contributed by atoms with van der Waals surface area (Å²) in [5.74, 6) is 1.25. The smallest absolute Gasteiger partial charge is 0.194 e. The number of benzene rings is 1. The van der Waals surface area contributed by atoms with Gasteiger partial charge in [-0.05, 0) is 36.8 Å². The molecule has 4 heteroatoms. The van der Waals surface area contributed by atoms with Gasteiger partial charge in [0, 0.05) is 23.5 Å². The molecule has 1 aromatic heterocycles. The van der Waals surface area contributed by atoms with Gasteiger partial charge in [-0.3, -0.25) is 9.78 Å². The first-order chi connectivity index (χ1) is 9.24. The van der Waals surface area contributed by atoms with E-state index >= 15 is 0 Å². The normalized spacial score (nSPS) is 13.1. The molecule has 0 bridgehead atoms. The van der Waals surface area contributed by atoms with E-state index in [0.717, 1.165) is 5.56 Å². The fourth-order valence-electron chi connectivity index (χ4n) is 2.03. The maximum Gasteiger partial charge on any atom is 0.194 e. The molecule has 0 unspecified atom stereocenters. The Morgan fingerprint density at radius 1 is 1.05 bits per heavy atom. The van der Waals surface area contributed by atoms with E-state index in [1.54, 1.807) is 30.6 Å². The molecular weight excluding hydrogens is 242 g/mol. The van der Waals surface area contributed by atoms with Crippen LogP contribution in [-0.2, 0) is 0 Å². The Balaban J connectivity index is 1.96. The maximum absolute atomic E-state index is 12.3. The number of hydrogen-bond acceptors (Lipinski definition) is 4. The molecule has 0 fully saturated rings. The van der Waals surface area contributed by atoms with Gasteiger partial charge in [0.2, 0.25) is 0 Å². The second kappa shape index (κ2) is 4.72. The van der Waals surface area contributed by atoms with E-state index in [-0.39, 0.29) is 5.78 Å². The molecule has 1 aliphatic heterocycles. The summed E-state index contributed by atoms with van der Waals surface area (Å²) in [5, 5.41) is 0. The predicted octanol–water partition coefficient (Wildman–Crippen LogP) is 2.39. The first kappa shape index (κ1) is 11.7. The van der Waals surface area contributed by atoms with Crippen LogP contribution < -0.4 is 9.47 Å². The number of aromatic nitrogens is 1. The maximum atomic E-state index is 12.3. The lowest BCUT2D eigenvalue weighted by Crippen LogP contribution is -2.16. The molecule has 2 aromatic rings. The zero-order valence-corrected chi connectivity index (χ0v) is 10.6. The zero-order chi connectivity index (χ0) is 13.2. The summed E-state index contributed by atoms with van der Waals surface area (Å²) in [6.45, 7) is 2.96. The Labute approximate surface area is 111 Å². The van der Waals surface area contributed by atoms with Gasteiger partial charge in [0.25, 0.3) is 0 Å². The first-order valence-electron chi connectivity index (χ1n) is 6.10. The number of hydrogen-bond donors (Lipinski definition) is 0. The number of ketones is 1. The molecule has 19 heavy (non-hydrogen) atoms. The highest BCUT2D eigenvalue weighted by Crippen LogP contribution is 2.31. The van der Waals surface area contributed by atoms with E-state index < -0.39 is 0 Å². The van der Waals surface area contributed by atoms with Crippen LogP contribution >= 0.6 is 0 Å². The van der Waals surface area contributed by atoms with Gasteiger partial charge in [0.1, 0.15) is 13.2 Å². The number of ether oxygens (including phenoxy) is 2. The van der Waals surface area contributed by atoms with Crippen LogP contribution in [0, 0.1) is 6.92 Å². The fourth-order valence-corrected chi connectivity index (χ4v) is 2.03. The van der Waals surface area contributed by atoms with Gasteiger partial charge in [-0.25, -0.2) is 0 Å². The Morgan fingerprint density at radius 3 is 2.63 bits per heavy atom. The monoisotopic (exact) mass is 255 g/mol. The molecule has 0 radical (unpaired) electrons. The number of fused-ring (bicyclic) bond motifs is 1. The van der Waals surface area contributed by atoms with Crippen LogP contribution in [0.1, 0.15) is 21.5 Å². The van der Waals surface area contributed by atoms with Crippen molar-refractivity contribution in [2.75, 3.05) is 13.2 Å². The highest BCUT2D eigenvalue weighted by molar-refractivity contribution is 6.09. The summed E-state index contributed by atoms with van der Waals surface area (Å²) in [6.07, 6.45) is 3.30. The fraction of sp³-hybridized carbons (Fsp3) is 0.200. The van der Waals surface area contributed by atoms with Crippen LogP contribution in [-0.4, -0.2) is 24.0 Å². The quantitative estimate of drug-likeness (QED) is 0.773. The molecule has 0 spiro atoms. The Morgan fingerprint density at radius 2 is 1.84 bits per heavy atom. The second-order valence-corrected chi connectivity index (χ2v) is 4.44. The van der Waals surface area contributed by atoms with Crippen molar-refractivity contribution in [3.8, 4) is 11.5 Å². The minimum Gasteiger partial charge on any atom is -0.486 e. The van der Waals surface area contributed by atoms with E-state index in [2.05, 4.69) is 4.98 Å². The van der Waals surface area contributed by atoms with Crippen molar-refractivity contribution in [1.29, 1.82) is 0 Å². The molecule has 96 valence electrons. The lowest BCUT2D eigenvalue weighted by Gasteiger charge is -2.18. The molecule has 1 aromatic carbocycles. The SMILES string of the molecule is Cc1cncc(C(=O)c2ccc3c(c2)OCCO3)c1. The largest absolute Gasteiger partial charge is 0.486 e. The van der Waals surface area contributed by atoms with E-state index in [0.29, 0.717) is 35.8 Å². The van der Waals surface area contributed by atoms with E-state index in [1.165, 1.54) is 0 Å². The lowest BCUT2D eigenvalue weighted by molar-refractivity contribution is 0.103. The van der Waals surface area contributed by atoms with Gasteiger partial charge < -0.3 is 9.47 Å². The minimum absolute atomic E-state index is 0.0619. The summed E-state index contributed by atoms with van der Waals surface area (Å²) >= 11 is 0. The van der Waals surface area contributed by atoms with Crippen molar-refractivity contribution in [1.82, 2.24) is 4.98 Å². The van der Waals surface area contributed by atoms with Gasteiger partial charge in [-0.15, -0.1) is 0 Å². The molecule has 4 nitrogen and oxygen atoms in total. The van der Waals surface area contributed by atoms with Gasteiger partial charge >= 0.3 is 0 Å². The molecule has 0 atom stereocenters. The van der Waals surface area contributed by atoms with Gasteiger partial charge in [-0.2, -0.15) is 0 Å². The van der Waals surface area contributed by atoms with Crippen molar-refractivity contribution in [2.45, 2.75) is 6.92 Å². The standard InChI is InChI=1S/C15H13NO3/c1-10-6-12(9-16-8-10)15(17)11-2-3-13-14(7-11)19-5-4-18-13/h2-3,6-9H,4-5H2,1H3. The van der Waals surface area contributed by atoms with Crippen molar-refractivity contribution in [2.24, 2.45) is 0 Å². The highest BCUT2D eigenvalue weighted by Gasteiger charge is 2.16. The van der Waals surface area contributed by atoms with Gasteiger partial charge in [0.15, 0.2) is 17.3 Å². The third-order valence-corrected chi connectivity index (χ3v) is 2.94. The molecule has 3 rings (SSSR count). The topological polar surface area (TPSA) is 48.4 Å². The number of pyridine rings is 1. The van der Waals surface area contributed by atoms with Gasteiger partial charge in [-0.1, -0.05) is 0 Å². The summed E-state index contributed by atoms with van der Waals surface area (Å²) in [4.78, 5) is 16.4. The predicted molar refractivity (Wildman–Crippen MR) is 69.8 cm³/mol. The average Bonchev–Trinajstić information content (AvgIpc) is 2.46. The van der Waals surface area contributed by atoms with Gasteiger partial charge in [0.05, 0.1) is 0 Å². The molecule has 0 N–H and O–H groups in total. The van der Waals surface area contributed by atoms with Crippen LogP contribution in [0.3, 0.4) is 0 Å².